The number of hydrogen-bond acceptors (Lipinski definition) is 3. The summed E-state index contributed by atoms with van der Waals surface area (Å²) in [5.41, 5.74) is 0.374. The molecule has 3 aliphatic carbocycles. The van der Waals surface area contributed by atoms with E-state index in [2.05, 4.69) is 9.71 Å². The van der Waals surface area contributed by atoms with Crippen molar-refractivity contribution >= 4 is 22.8 Å². The summed E-state index contributed by atoms with van der Waals surface area (Å²) in [6.07, 6.45) is 2.26. The van der Waals surface area contributed by atoms with E-state index in [1.807, 2.05) is 48.5 Å². The third kappa shape index (κ3) is 3.36. The highest BCUT2D eigenvalue weighted by atomic mass is 32.2. The van der Waals surface area contributed by atoms with E-state index in [1.165, 1.54) is 0 Å². The molecule has 0 heterocycles. The maximum Gasteiger partial charge on any atom is 0.408 e. The Morgan fingerprint density at radius 3 is 2.05 bits per heavy atom. The summed E-state index contributed by atoms with van der Waals surface area (Å²) in [4.78, 5) is 11.9. The first-order valence-corrected chi connectivity index (χ1v) is 8.87. The maximum atomic E-state index is 12.1. The molecule has 0 spiro atoms. The molecular weight excluding hydrogens is 300 g/mol. The van der Waals surface area contributed by atoms with Crippen LogP contribution in [0.5, 0.6) is 0 Å². The topological polar surface area (TPSA) is 67.8 Å². The summed E-state index contributed by atoms with van der Waals surface area (Å²) in [5.74, 6) is 0. The molecule has 0 saturated heterocycles. The van der Waals surface area contributed by atoms with E-state index in [0.29, 0.717) is 0 Å². The Morgan fingerprint density at radius 2 is 1.64 bits per heavy atom. The Labute approximate surface area is 135 Å². The largest absolute Gasteiger partial charge is 0.444 e. The van der Waals surface area contributed by atoms with Crippen LogP contribution >= 0.6 is 0 Å². The number of carbonyl (C=O) groups excluding carboxylic acids is 1. The predicted molar refractivity (Wildman–Crippen MR) is 89.4 cm³/mol. The zero-order valence-corrected chi connectivity index (χ0v) is 15.5. The molecule has 1 amide bonds. The van der Waals surface area contributed by atoms with Crippen molar-refractivity contribution < 1.29 is 13.7 Å². The summed E-state index contributed by atoms with van der Waals surface area (Å²) in [6.45, 7) is 13.3. The first-order valence-electron chi connectivity index (χ1n) is 7.76. The molecule has 1 atom stereocenters. The first-order chi connectivity index (χ1) is 9.77. The van der Waals surface area contributed by atoms with Crippen molar-refractivity contribution in [3.8, 4) is 0 Å². The molecule has 3 saturated carbocycles. The van der Waals surface area contributed by atoms with Gasteiger partial charge >= 0.3 is 6.09 Å². The number of nitrogens with zero attached hydrogens (tertiary/aromatic N) is 1. The monoisotopic (exact) mass is 328 g/mol. The number of ether oxygens (including phenoxy) is 1. The third-order valence-corrected chi connectivity index (χ3v) is 5.80. The van der Waals surface area contributed by atoms with Crippen molar-refractivity contribution in [2.75, 3.05) is 0 Å². The van der Waals surface area contributed by atoms with Gasteiger partial charge in [-0.2, -0.15) is 4.40 Å². The highest BCUT2D eigenvalue weighted by Crippen LogP contribution is 2.68. The molecular formula is C16H28N2O3S. The minimum atomic E-state index is -1.22. The van der Waals surface area contributed by atoms with Gasteiger partial charge in [0.15, 0.2) is 0 Å². The van der Waals surface area contributed by atoms with Gasteiger partial charge in [0.05, 0.1) is 4.75 Å². The molecule has 126 valence electrons. The quantitative estimate of drug-likeness (QED) is 0.808. The van der Waals surface area contributed by atoms with Crippen LogP contribution in [0, 0.1) is 5.41 Å². The van der Waals surface area contributed by atoms with Crippen LogP contribution in [0.2, 0.25) is 0 Å². The molecule has 5 nitrogen and oxygen atoms in total. The van der Waals surface area contributed by atoms with E-state index in [-0.39, 0.29) is 21.8 Å². The van der Waals surface area contributed by atoms with Crippen LogP contribution in [0.25, 0.3) is 0 Å². The van der Waals surface area contributed by atoms with Gasteiger partial charge in [-0.05, 0) is 67.7 Å². The van der Waals surface area contributed by atoms with Gasteiger partial charge < -0.3 is 10.1 Å². The van der Waals surface area contributed by atoms with E-state index in [0.717, 1.165) is 25.0 Å². The maximum absolute atomic E-state index is 12.1. The van der Waals surface area contributed by atoms with Crippen LogP contribution in [0.15, 0.2) is 4.40 Å². The number of hydrogen-bond donors (Lipinski definition) is 1. The first kappa shape index (κ1) is 17.4. The molecule has 22 heavy (non-hydrogen) atoms. The summed E-state index contributed by atoms with van der Waals surface area (Å²) in [5, 5.41) is 2.99. The van der Waals surface area contributed by atoms with Gasteiger partial charge in [-0.1, -0.05) is 0 Å². The lowest BCUT2D eigenvalue weighted by atomic mass is 9.38. The standard InChI is InChI=1S/C16H28N2O3S/c1-11(18-22(20)14(5,6)7)15-8-16(9-15,10-15)17-12(19)21-13(2,3)4/h8-10H2,1-7H3,(H,17,19)/t15?,16?,22-/m1/s1. The molecule has 0 radical (unpaired) electrons. The second kappa shape index (κ2) is 5.05. The molecule has 0 unspecified atom stereocenters. The van der Waals surface area contributed by atoms with Crippen molar-refractivity contribution in [1.29, 1.82) is 0 Å². The fraction of sp³-hybridized carbons (Fsp3) is 0.875. The fourth-order valence-corrected chi connectivity index (χ4v) is 3.90. The lowest BCUT2D eigenvalue weighted by Gasteiger charge is -2.70. The Hall–Kier alpha value is -0.910. The van der Waals surface area contributed by atoms with Crippen LogP contribution in [0.4, 0.5) is 4.79 Å². The van der Waals surface area contributed by atoms with Crippen LogP contribution in [-0.2, 0) is 15.7 Å². The Kier molecular flexibility index (Phi) is 4.00. The van der Waals surface area contributed by atoms with Gasteiger partial charge in [-0.25, -0.2) is 9.00 Å². The van der Waals surface area contributed by atoms with Gasteiger partial charge in [-0.3, -0.25) is 0 Å². The molecule has 1 N–H and O–H groups in total. The number of amides is 1. The second-order valence-electron chi connectivity index (χ2n) is 8.76. The second-order valence-corrected chi connectivity index (χ2v) is 10.7. The molecule has 0 aliphatic heterocycles. The van der Waals surface area contributed by atoms with E-state index >= 15 is 0 Å². The third-order valence-electron chi connectivity index (χ3n) is 4.31. The van der Waals surface area contributed by atoms with E-state index < -0.39 is 16.6 Å². The van der Waals surface area contributed by atoms with Crippen molar-refractivity contribution in [3.63, 3.8) is 0 Å². The molecule has 0 aromatic rings. The lowest BCUT2D eigenvalue weighted by Crippen LogP contribution is -2.76. The minimum absolute atomic E-state index is 0.0376. The summed E-state index contributed by atoms with van der Waals surface area (Å²) < 4.78 is 21.5. The molecule has 3 rings (SSSR count). The van der Waals surface area contributed by atoms with Crippen LogP contribution in [0.3, 0.4) is 0 Å². The van der Waals surface area contributed by atoms with Gasteiger partial charge in [0, 0.05) is 16.7 Å². The van der Waals surface area contributed by atoms with Crippen molar-refractivity contribution in [1.82, 2.24) is 5.32 Å². The van der Waals surface area contributed by atoms with Gasteiger partial charge in [0.1, 0.15) is 16.6 Å². The number of nitrogens with one attached hydrogen (secondary N) is 1. The number of carbonyl (C=O) groups is 1. The van der Waals surface area contributed by atoms with Gasteiger partial charge in [-0.15, -0.1) is 0 Å². The summed E-state index contributed by atoms with van der Waals surface area (Å²) >= 11 is 0. The average molecular weight is 328 g/mol. The molecule has 0 aromatic carbocycles. The van der Waals surface area contributed by atoms with E-state index in [9.17, 15) is 9.00 Å². The number of rotatable bonds is 3. The van der Waals surface area contributed by atoms with E-state index in [1.54, 1.807) is 0 Å². The Balaban J connectivity index is 1.91. The van der Waals surface area contributed by atoms with Crippen LogP contribution in [-0.4, -0.2) is 31.9 Å². The molecule has 3 aliphatic rings. The van der Waals surface area contributed by atoms with Gasteiger partial charge in [0.2, 0.25) is 0 Å². The smallest absolute Gasteiger partial charge is 0.408 e. The average Bonchev–Trinajstić information content (AvgIpc) is 2.16. The molecule has 6 heteroatoms. The predicted octanol–water partition coefficient (Wildman–Crippen LogP) is 3.36. The van der Waals surface area contributed by atoms with Crippen molar-refractivity contribution in [3.05, 3.63) is 0 Å². The Morgan fingerprint density at radius 1 is 1.14 bits per heavy atom. The molecule has 2 bridgehead atoms. The van der Waals surface area contributed by atoms with E-state index in [4.69, 9.17) is 4.74 Å². The molecule has 0 aromatic heterocycles. The summed E-state index contributed by atoms with van der Waals surface area (Å²) in [6, 6.07) is 0. The fourth-order valence-electron chi connectivity index (χ4n) is 3.18. The minimum Gasteiger partial charge on any atom is -0.444 e. The zero-order chi connectivity index (χ0) is 17.0. The highest BCUT2D eigenvalue weighted by molar-refractivity contribution is 7.85. The SMILES string of the molecule is CC(=N[S@](=O)C(C)(C)C)C12CC(NC(=O)OC(C)(C)C)(C1)C2. The zero-order valence-electron chi connectivity index (χ0n) is 14.7. The summed E-state index contributed by atoms with van der Waals surface area (Å²) in [7, 11) is -1.22. The lowest BCUT2D eigenvalue weighted by molar-refractivity contribution is -0.0995. The van der Waals surface area contributed by atoms with Crippen molar-refractivity contribution in [2.45, 2.75) is 83.6 Å². The number of alkyl carbamates (subject to hydrolysis) is 1. The van der Waals surface area contributed by atoms with Crippen LogP contribution in [0.1, 0.15) is 67.7 Å². The highest BCUT2D eigenvalue weighted by Gasteiger charge is 2.70. The van der Waals surface area contributed by atoms with Crippen LogP contribution < -0.4 is 5.32 Å². The van der Waals surface area contributed by atoms with Gasteiger partial charge in [0.25, 0.3) is 0 Å². The molecule has 3 fully saturated rings. The Bertz CT molecular complexity index is 521. The normalized spacial score (nSPS) is 32.6. The van der Waals surface area contributed by atoms with Crippen molar-refractivity contribution in [2.24, 2.45) is 9.81 Å².